The predicted octanol–water partition coefficient (Wildman–Crippen LogP) is 0.747. The minimum absolute atomic E-state index is 0.112. The van der Waals surface area contributed by atoms with Crippen molar-refractivity contribution in [3.05, 3.63) is 12.4 Å². The molecule has 2 heterocycles. The lowest BCUT2D eigenvalue weighted by Gasteiger charge is -2.26. The van der Waals surface area contributed by atoms with Gasteiger partial charge in [0, 0.05) is 25.2 Å². The SMILES string of the molecule is CC1CC(C(=O)Nc2cnn(C)c2)CCN1. The van der Waals surface area contributed by atoms with Crippen molar-refractivity contribution in [3.63, 3.8) is 0 Å². The van der Waals surface area contributed by atoms with E-state index in [9.17, 15) is 4.79 Å². The first kappa shape index (κ1) is 11.1. The molecular formula is C11H18N4O. The van der Waals surface area contributed by atoms with Crippen molar-refractivity contribution in [2.45, 2.75) is 25.8 Å². The predicted molar refractivity (Wildman–Crippen MR) is 62.0 cm³/mol. The topological polar surface area (TPSA) is 59.0 Å². The maximum absolute atomic E-state index is 11.9. The van der Waals surface area contributed by atoms with Crippen molar-refractivity contribution in [1.82, 2.24) is 15.1 Å². The Labute approximate surface area is 95.2 Å². The fraction of sp³-hybridized carbons (Fsp3) is 0.636. The van der Waals surface area contributed by atoms with Gasteiger partial charge in [-0.05, 0) is 26.3 Å². The molecule has 1 fully saturated rings. The third-order valence-electron chi connectivity index (χ3n) is 2.97. The Morgan fingerprint density at radius 2 is 2.50 bits per heavy atom. The molecule has 1 aromatic heterocycles. The highest BCUT2D eigenvalue weighted by Crippen LogP contribution is 2.18. The first-order chi connectivity index (χ1) is 7.65. The fourth-order valence-electron chi connectivity index (χ4n) is 2.10. The van der Waals surface area contributed by atoms with Crippen LogP contribution in [0.15, 0.2) is 12.4 Å². The van der Waals surface area contributed by atoms with Gasteiger partial charge in [-0.3, -0.25) is 9.48 Å². The average Bonchev–Trinajstić information content (AvgIpc) is 2.64. The molecule has 0 aromatic carbocycles. The maximum atomic E-state index is 11.9. The maximum Gasteiger partial charge on any atom is 0.227 e. The van der Waals surface area contributed by atoms with Crippen molar-refractivity contribution in [2.75, 3.05) is 11.9 Å². The standard InChI is InChI=1S/C11H18N4O/c1-8-5-9(3-4-12-8)11(16)14-10-6-13-15(2)7-10/h6-9,12H,3-5H2,1-2H3,(H,14,16). The molecule has 0 radical (unpaired) electrons. The highest BCUT2D eigenvalue weighted by Gasteiger charge is 2.24. The number of carbonyl (C=O) groups is 1. The number of carbonyl (C=O) groups excluding carboxylic acids is 1. The Balaban J connectivity index is 1.92. The number of nitrogens with one attached hydrogen (secondary N) is 2. The molecule has 88 valence electrons. The first-order valence-corrected chi connectivity index (χ1v) is 5.68. The van der Waals surface area contributed by atoms with Gasteiger partial charge in [0.2, 0.25) is 5.91 Å². The van der Waals surface area contributed by atoms with Crippen molar-refractivity contribution in [2.24, 2.45) is 13.0 Å². The number of hydrogen-bond donors (Lipinski definition) is 2. The fourth-order valence-corrected chi connectivity index (χ4v) is 2.10. The highest BCUT2D eigenvalue weighted by atomic mass is 16.1. The van der Waals surface area contributed by atoms with Crippen LogP contribution in [-0.2, 0) is 11.8 Å². The summed E-state index contributed by atoms with van der Waals surface area (Å²) in [6.07, 6.45) is 5.30. The average molecular weight is 222 g/mol. The van der Waals surface area contributed by atoms with Crippen LogP contribution < -0.4 is 10.6 Å². The normalized spacial score (nSPS) is 25.4. The lowest BCUT2D eigenvalue weighted by molar-refractivity contribution is -0.120. The number of hydrogen-bond acceptors (Lipinski definition) is 3. The molecular weight excluding hydrogens is 204 g/mol. The molecule has 1 amide bonds. The van der Waals surface area contributed by atoms with E-state index in [2.05, 4.69) is 22.7 Å². The van der Waals surface area contributed by atoms with E-state index in [4.69, 9.17) is 0 Å². The van der Waals surface area contributed by atoms with Gasteiger partial charge in [0.05, 0.1) is 11.9 Å². The molecule has 0 spiro atoms. The lowest BCUT2D eigenvalue weighted by atomic mass is 9.92. The minimum Gasteiger partial charge on any atom is -0.323 e. The van der Waals surface area contributed by atoms with Gasteiger partial charge in [-0.1, -0.05) is 0 Å². The summed E-state index contributed by atoms with van der Waals surface area (Å²) in [7, 11) is 1.84. The number of aryl methyl sites for hydroxylation is 1. The summed E-state index contributed by atoms with van der Waals surface area (Å²) < 4.78 is 1.68. The second-order valence-corrected chi connectivity index (χ2v) is 4.47. The summed E-state index contributed by atoms with van der Waals surface area (Å²) >= 11 is 0. The summed E-state index contributed by atoms with van der Waals surface area (Å²) in [5, 5.41) is 10.3. The van der Waals surface area contributed by atoms with Crippen LogP contribution in [0, 0.1) is 5.92 Å². The van der Waals surface area contributed by atoms with E-state index in [-0.39, 0.29) is 11.8 Å². The molecule has 16 heavy (non-hydrogen) atoms. The smallest absolute Gasteiger partial charge is 0.227 e. The molecule has 1 saturated heterocycles. The molecule has 1 aliphatic rings. The number of rotatable bonds is 2. The summed E-state index contributed by atoms with van der Waals surface area (Å²) in [4.78, 5) is 11.9. The quantitative estimate of drug-likeness (QED) is 0.776. The number of anilines is 1. The van der Waals surface area contributed by atoms with Gasteiger partial charge in [0.25, 0.3) is 0 Å². The Bertz CT molecular complexity index is 374. The van der Waals surface area contributed by atoms with E-state index in [1.54, 1.807) is 10.9 Å². The zero-order chi connectivity index (χ0) is 11.5. The third-order valence-corrected chi connectivity index (χ3v) is 2.97. The molecule has 2 N–H and O–H groups in total. The second kappa shape index (κ2) is 4.65. The Hall–Kier alpha value is -1.36. The van der Waals surface area contributed by atoms with Crippen molar-refractivity contribution < 1.29 is 4.79 Å². The van der Waals surface area contributed by atoms with Crippen LogP contribution in [0.2, 0.25) is 0 Å². The van der Waals surface area contributed by atoms with Crippen LogP contribution in [-0.4, -0.2) is 28.3 Å². The van der Waals surface area contributed by atoms with E-state index in [0.717, 1.165) is 25.1 Å². The third kappa shape index (κ3) is 2.61. The molecule has 2 rings (SSSR count). The number of piperidine rings is 1. The number of nitrogens with zero attached hydrogens (tertiary/aromatic N) is 2. The number of aromatic nitrogens is 2. The van der Waals surface area contributed by atoms with Crippen LogP contribution >= 0.6 is 0 Å². The Kier molecular flexibility index (Phi) is 3.24. The molecule has 0 saturated carbocycles. The summed E-state index contributed by atoms with van der Waals surface area (Å²) in [6.45, 7) is 3.04. The van der Waals surface area contributed by atoms with Crippen LogP contribution in [0.25, 0.3) is 0 Å². The largest absolute Gasteiger partial charge is 0.323 e. The zero-order valence-corrected chi connectivity index (χ0v) is 9.73. The van der Waals surface area contributed by atoms with E-state index >= 15 is 0 Å². The minimum atomic E-state index is 0.112. The van der Waals surface area contributed by atoms with Gasteiger partial charge in [-0.2, -0.15) is 5.10 Å². The van der Waals surface area contributed by atoms with Crippen molar-refractivity contribution >= 4 is 11.6 Å². The molecule has 0 aliphatic carbocycles. The van der Waals surface area contributed by atoms with Gasteiger partial charge >= 0.3 is 0 Å². The lowest BCUT2D eigenvalue weighted by Crippen LogP contribution is -2.40. The van der Waals surface area contributed by atoms with Crippen molar-refractivity contribution in [1.29, 1.82) is 0 Å². The second-order valence-electron chi connectivity index (χ2n) is 4.47. The van der Waals surface area contributed by atoms with E-state index in [0.29, 0.717) is 6.04 Å². The zero-order valence-electron chi connectivity index (χ0n) is 9.73. The summed E-state index contributed by atoms with van der Waals surface area (Å²) in [5.41, 5.74) is 0.777. The molecule has 2 atom stereocenters. The number of amides is 1. The van der Waals surface area contributed by atoms with Crippen molar-refractivity contribution in [3.8, 4) is 0 Å². The summed E-state index contributed by atoms with van der Waals surface area (Å²) in [6, 6.07) is 0.429. The first-order valence-electron chi connectivity index (χ1n) is 5.68. The molecule has 0 bridgehead atoms. The van der Waals surface area contributed by atoms with Crippen LogP contribution in [0.1, 0.15) is 19.8 Å². The van der Waals surface area contributed by atoms with Gasteiger partial charge < -0.3 is 10.6 Å². The van der Waals surface area contributed by atoms with Gasteiger partial charge in [0.15, 0.2) is 0 Å². The van der Waals surface area contributed by atoms with Gasteiger partial charge in [0.1, 0.15) is 0 Å². The molecule has 5 nitrogen and oxygen atoms in total. The van der Waals surface area contributed by atoms with E-state index in [1.807, 2.05) is 13.2 Å². The monoisotopic (exact) mass is 222 g/mol. The Morgan fingerprint density at radius 3 is 3.12 bits per heavy atom. The highest BCUT2D eigenvalue weighted by molar-refractivity contribution is 5.92. The van der Waals surface area contributed by atoms with Crippen LogP contribution in [0.4, 0.5) is 5.69 Å². The van der Waals surface area contributed by atoms with Gasteiger partial charge in [-0.25, -0.2) is 0 Å². The van der Waals surface area contributed by atoms with Crippen LogP contribution in [0.3, 0.4) is 0 Å². The van der Waals surface area contributed by atoms with Gasteiger partial charge in [-0.15, -0.1) is 0 Å². The molecule has 1 aromatic rings. The van der Waals surface area contributed by atoms with Crippen LogP contribution in [0.5, 0.6) is 0 Å². The van der Waals surface area contributed by atoms with E-state index < -0.39 is 0 Å². The van der Waals surface area contributed by atoms with E-state index in [1.165, 1.54) is 0 Å². The molecule has 5 heteroatoms. The molecule has 1 aliphatic heterocycles. The summed E-state index contributed by atoms with van der Waals surface area (Å²) in [5.74, 6) is 0.234. The Morgan fingerprint density at radius 1 is 1.69 bits per heavy atom. The molecule has 2 unspecified atom stereocenters.